The summed E-state index contributed by atoms with van der Waals surface area (Å²) < 4.78 is 0. The van der Waals surface area contributed by atoms with Crippen molar-refractivity contribution in [2.75, 3.05) is 26.8 Å². The Kier molecular flexibility index (Phi) is 5.14. The summed E-state index contributed by atoms with van der Waals surface area (Å²) in [6.07, 6.45) is 2.52. The van der Waals surface area contributed by atoms with Crippen LogP contribution in [0.5, 0.6) is 0 Å². The van der Waals surface area contributed by atoms with Crippen molar-refractivity contribution in [1.82, 2.24) is 9.80 Å². The van der Waals surface area contributed by atoms with Gasteiger partial charge < -0.3 is 0 Å². The first-order chi connectivity index (χ1) is 10.7. The number of hydrogen-bond donors (Lipinski definition) is 0. The van der Waals surface area contributed by atoms with Crippen LogP contribution in [0.25, 0.3) is 0 Å². The van der Waals surface area contributed by atoms with E-state index in [1.807, 2.05) is 12.1 Å². The summed E-state index contributed by atoms with van der Waals surface area (Å²) in [4.78, 5) is 4.99. The molecule has 0 bridgehead atoms. The van der Waals surface area contributed by atoms with E-state index in [0.29, 0.717) is 6.04 Å². The average Bonchev–Trinajstić information content (AvgIpc) is 2.75. The standard InChI is InChI=1S/C19H23ClN2/c1-21-13-5-6-14-22(15-21)19(16-7-3-2-4-8-16)17-9-11-18(20)12-10-17/h2-4,7-12,19H,5-6,13-15H2,1H3/t19-/m0/s1. The monoisotopic (exact) mass is 314 g/mol. The quantitative estimate of drug-likeness (QED) is 0.827. The van der Waals surface area contributed by atoms with Crippen molar-refractivity contribution in [2.24, 2.45) is 0 Å². The fourth-order valence-electron chi connectivity index (χ4n) is 3.25. The maximum atomic E-state index is 6.08. The van der Waals surface area contributed by atoms with Crippen LogP contribution in [-0.2, 0) is 0 Å². The van der Waals surface area contributed by atoms with Gasteiger partial charge in [-0.3, -0.25) is 9.80 Å². The van der Waals surface area contributed by atoms with Crippen molar-refractivity contribution in [3.05, 3.63) is 70.7 Å². The van der Waals surface area contributed by atoms with E-state index in [1.165, 1.54) is 30.5 Å². The third kappa shape index (κ3) is 3.70. The van der Waals surface area contributed by atoms with Crippen LogP contribution in [-0.4, -0.2) is 36.6 Å². The minimum Gasteiger partial charge on any atom is -0.294 e. The lowest BCUT2D eigenvalue weighted by Gasteiger charge is -2.33. The molecule has 0 N–H and O–H groups in total. The van der Waals surface area contributed by atoms with Crippen LogP contribution < -0.4 is 0 Å². The van der Waals surface area contributed by atoms with Gasteiger partial charge in [0, 0.05) is 11.6 Å². The number of benzene rings is 2. The molecule has 1 atom stereocenters. The zero-order chi connectivity index (χ0) is 15.4. The normalized spacial score (nSPS) is 18.8. The van der Waals surface area contributed by atoms with Crippen molar-refractivity contribution in [3.63, 3.8) is 0 Å². The Morgan fingerprint density at radius 3 is 2.23 bits per heavy atom. The van der Waals surface area contributed by atoms with E-state index in [1.54, 1.807) is 0 Å². The first-order valence-corrected chi connectivity index (χ1v) is 8.35. The van der Waals surface area contributed by atoms with Crippen LogP contribution in [0.3, 0.4) is 0 Å². The van der Waals surface area contributed by atoms with E-state index >= 15 is 0 Å². The molecule has 1 heterocycles. The highest BCUT2D eigenvalue weighted by Gasteiger charge is 2.24. The molecular weight excluding hydrogens is 292 g/mol. The largest absolute Gasteiger partial charge is 0.294 e. The predicted molar refractivity (Wildman–Crippen MR) is 93.2 cm³/mol. The van der Waals surface area contributed by atoms with E-state index in [4.69, 9.17) is 11.6 Å². The molecule has 1 saturated heterocycles. The third-order valence-corrected chi connectivity index (χ3v) is 4.58. The maximum absolute atomic E-state index is 6.08. The Hall–Kier alpha value is -1.35. The van der Waals surface area contributed by atoms with Gasteiger partial charge in [-0.2, -0.15) is 0 Å². The van der Waals surface area contributed by atoms with E-state index < -0.39 is 0 Å². The molecule has 0 spiro atoms. The highest BCUT2D eigenvalue weighted by Crippen LogP contribution is 2.30. The predicted octanol–water partition coefficient (Wildman–Crippen LogP) is 4.41. The minimum atomic E-state index is 0.291. The maximum Gasteiger partial charge on any atom is 0.0613 e. The van der Waals surface area contributed by atoms with Gasteiger partial charge >= 0.3 is 0 Å². The summed E-state index contributed by atoms with van der Waals surface area (Å²) in [6, 6.07) is 19.4. The Labute approximate surface area is 138 Å². The number of halogens is 1. The average molecular weight is 315 g/mol. The summed E-state index contributed by atoms with van der Waals surface area (Å²) in [7, 11) is 2.21. The van der Waals surface area contributed by atoms with Gasteiger partial charge in [-0.25, -0.2) is 0 Å². The number of hydrogen-bond acceptors (Lipinski definition) is 2. The summed E-state index contributed by atoms with van der Waals surface area (Å²) in [6.45, 7) is 3.31. The second-order valence-corrected chi connectivity index (χ2v) is 6.54. The minimum absolute atomic E-state index is 0.291. The highest BCUT2D eigenvalue weighted by atomic mass is 35.5. The SMILES string of the molecule is CN1CCCCN([C@@H](c2ccccc2)c2ccc(Cl)cc2)C1. The van der Waals surface area contributed by atoms with Crippen LogP contribution in [0, 0.1) is 0 Å². The molecule has 1 fully saturated rings. The molecule has 116 valence electrons. The van der Waals surface area contributed by atoms with Crippen molar-refractivity contribution in [2.45, 2.75) is 18.9 Å². The summed E-state index contributed by atoms with van der Waals surface area (Å²) in [5.41, 5.74) is 2.66. The molecule has 1 aliphatic heterocycles. The number of nitrogens with zero attached hydrogens (tertiary/aromatic N) is 2. The van der Waals surface area contributed by atoms with Gasteiger partial charge in [-0.15, -0.1) is 0 Å². The van der Waals surface area contributed by atoms with E-state index in [2.05, 4.69) is 59.3 Å². The van der Waals surface area contributed by atoms with E-state index in [-0.39, 0.29) is 0 Å². The molecule has 22 heavy (non-hydrogen) atoms. The molecule has 3 rings (SSSR count). The molecule has 3 heteroatoms. The summed E-state index contributed by atoms with van der Waals surface area (Å²) in [5, 5.41) is 0.795. The van der Waals surface area contributed by atoms with Crippen LogP contribution in [0.15, 0.2) is 54.6 Å². The van der Waals surface area contributed by atoms with Crippen molar-refractivity contribution < 1.29 is 0 Å². The Morgan fingerprint density at radius 2 is 1.50 bits per heavy atom. The summed E-state index contributed by atoms with van der Waals surface area (Å²) >= 11 is 6.08. The molecule has 0 saturated carbocycles. The summed E-state index contributed by atoms with van der Waals surface area (Å²) in [5.74, 6) is 0. The molecule has 2 aromatic rings. The van der Waals surface area contributed by atoms with Gasteiger partial charge in [0.15, 0.2) is 0 Å². The van der Waals surface area contributed by atoms with Gasteiger partial charge in [0.1, 0.15) is 0 Å². The molecule has 0 aliphatic carbocycles. The second kappa shape index (κ2) is 7.28. The molecule has 0 unspecified atom stereocenters. The van der Waals surface area contributed by atoms with E-state index in [0.717, 1.165) is 18.2 Å². The first kappa shape index (κ1) is 15.5. The van der Waals surface area contributed by atoms with Gasteiger partial charge in [0.05, 0.1) is 12.7 Å². The van der Waals surface area contributed by atoms with Crippen LogP contribution in [0.2, 0.25) is 5.02 Å². The van der Waals surface area contributed by atoms with E-state index in [9.17, 15) is 0 Å². The molecule has 2 aromatic carbocycles. The van der Waals surface area contributed by atoms with Crippen LogP contribution in [0.1, 0.15) is 30.0 Å². The van der Waals surface area contributed by atoms with Gasteiger partial charge in [-0.05, 0) is 49.7 Å². The third-order valence-electron chi connectivity index (χ3n) is 4.32. The lowest BCUT2D eigenvalue weighted by atomic mass is 9.97. The van der Waals surface area contributed by atoms with Gasteiger partial charge in [0.25, 0.3) is 0 Å². The fraction of sp³-hybridized carbons (Fsp3) is 0.368. The van der Waals surface area contributed by atoms with Gasteiger partial charge in [-0.1, -0.05) is 54.1 Å². The Bertz CT molecular complexity index is 582. The lowest BCUT2D eigenvalue weighted by molar-refractivity contribution is 0.148. The van der Waals surface area contributed by atoms with Crippen LogP contribution in [0.4, 0.5) is 0 Å². The smallest absolute Gasteiger partial charge is 0.0613 e. The zero-order valence-corrected chi connectivity index (χ0v) is 13.8. The molecule has 0 radical (unpaired) electrons. The topological polar surface area (TPSA) is 6.48 Å². The van der Waals surface area contributed by atoms with Crippen LogP contribution >= 0.6 is 11.6 Å². The zero-order valence-electron chi connectivity index (χ0n) is 13.1. The lowest BCUT2D eigenvalue weighted by Crippen LogP contribution is -2.37. The molecular formula is C19H23ClN2. The van der Waals surface area contributed by atoms with Crippen molar-refractivity contribution in [1.29, 1.82) is 0 Å². The molecule has 2 nitrogen and oxygen atoms in total. The molecule has 0 amide bonds. The van der Waals surface area contributed by atoms with Gasteiger partial charge in [0.2, 0.25) is 0 Å². The van der Waals surface area contributed by atoms with Crippen molar-refractivity contribution in [3.8, 4) is 0 Å². The Morgan fingerprint density at radius 1 is 0.864 bits per heavy atom. The van der Waals surface area contributed by atoms with Crippen molar-refractivity contribution >= 4 is 11.6 Å². The fourth-order valence-corrected chi connectivity index (χ4v) is 3.38. The highest BCUT2D eigenvalue weighted by molar-refractivity contribution is 6.30. The molecule has 1 aliphatic rings. The second-order valence-electron chi connectivity index (χ2n) is 6.11. The Balaban J connectivity index is 1.97. The first-order valence-electron chi connectivity index (χ1n) is 7.97. The number of rotatable bonds is 3. The molecule has 0 aromatic heterocycles.